The van der Waals surface area contributed by atoms with Gasteiger partial charge < -0.3 is 9.84 Å². The van der Waals surface area contributed by atoms with E-state index >= 15 is 0 Å². The second-order valence-electron chi connectivity index (χ2n) is 8.90. The monoisotopic (exact) mass is 461 g/mol. The van der Waals surface area contributed by atoms with Crippen LogP contribution < -0.4 is 4.74 Å². The molecule has 5 nitrogen and oxygen atoms in total. The Hall–Kier alpha value is -2.93. The molecule has 6 heteroatoms. The zero-order valence-electron chi connectivity index (χ0n) is 18.7. The Morgan fingerprint density at radius 3 is 2.45 bits per heavy atom. The molecule has 1 aliphatic carbocycles. The number of benzene rings is 3. The molecular formula is C27H27NO4S. The van der Waals surface area contributed by atoms with E-state index in [2.05, 4.69) is 0 Å². The first-order chi connectivity index (χ1) is 15.9. The molecule has 170 valence electrons. The minimum absolute atomic E-state index is 0.149. The lowest BCUT2D eigenvalue weighted by Gasteiger charge is -2.39. The third-order valence-corrected chi connectivity index (χ3v) is 8.82. The molecule has 2 atom stereocenters. The predicted octanol–water partition coefficient (Wildman–Crippen LogP) is 4.37. The van der Waals surface area contributed by atoms with Crippen LogP contribution in [0.2, 0.25) is 0 Å². The minimum Gasteiger partial charge on any atom is -0.497 e. The van der Waals surface area contributed by atoms with Crippen LogP contribution in [-0.2, 0) is 16.4 Å². The fourth-order valence-electron chi connectivity index (χ4n) is 5.22. The van der Waals surface area contributed by atoms with Crippen LogP contribution >= 0.6 is 0 Å². The molecule has 0 amide bonds. The summed E-state index contributed by atoms with van der Waals surface area (Å²) < 4.78 is 34.8. The van der Waals surface area contributed by atoms with E-state index in [1.54, 1.807) is 23.5 Å². The van der Waals surface area contributed by atoms with Crippen LogP contribution in [-0.4, -0.2) is 38.1 Å². The lowest BCUT2D eigenvalue weighted by molar-refractivity contribution is 0.118. The summed E-state index contributed by atoms with van der Waals surface area (Å²) in [4.78, 5) is 0.264. The summed E-state index contributed by atoms with van der Waals surface area (Å²) in [7, 11) is -2.17. The van der Waals surface area contributed by atoms with Gasteiger partial charge in [-0.1, -0.05) is 60.2 Å². The van der Waals surface area contributed by atoms with Crippen molar-refractivity contribution in [2.75, 3.05) is 20.3 Å². The Kier molecular flexibility index (Phi) is 5.40. The maximum atomic E-state index is 13.9. The van der Waals surface area contributed by atoms with Crippen molar-refractivity contribution >= 4 is 16.1 Å². The van der Waals surface area contributed by atoms with Gasteiger partial charge in [-0.15, -0.1) is 0 Å². The molecule has 0 saturated carbocycles. The van der Waals surface area contributed by atoms with Gasteiger partial charge in [0.15, 0.2) is 0 Å². The fourth-order valence-corrected chi connectivity index (χ4v) is 6.89. The molecule has 1 N–H and O–H groups in total. The number of sulfonamides is 1. The van der Waals surface area contributed by atoms with Crippen LogP contribution in [0.4, 0.5) is 0 Å². The third kappa shape index (κ3) is 3.50. The van der Waals surface area contributed by atoms with Gasteiger partial charge in [-0.2, -0.15) is 4.31 Å². The topological polar surface area (TPSA) is 66.8 Å². The van der Waals surface area contributed by atoms with Crippen LogP contribution in [0, 0.1) is 12.3 Å². The average Bonchev–Trinajstić information content (AvgIpc) is 3.18. The number of aliphatic hydroxyl groups is 1. The van der Waals surface area contributed by atoms with Crippen molar-refractivity contribution in [2.45, 2.75) is 24.3 Å². The molecule has 5 rings (SSSR count). The van der Waals surface area contributed by atoms with Crippen LogP contribution in [0.1, 0.15) is 28.3 Å². The molecule has 3 aromatic rings. The van der Waals surface area contributed by atoms with E-state index in [-0.39, 0.29) is 18.0 Å². The highest BCUT2D eigenvalue weighted by molar-refractivity contribution is 7.89. The molecule has 0 unspecified atom stereocenters. The Bertz CT molecular complexity index is 1320. The maximum absolute atomic E-state index is 13.9. The van der Waals surface area contributed by atoms with Crippen LogP contribution in [0.25, 0.3) is 6.08 Å². The van der Waals surface area contributed by atoms with Crippen LogP contribution in [0.15, 0.2) is 83.3 Å². The Morgan fingerprint density at radius 2 is 1.79 bits per heavy atom. The lowest BCUT2D eigenvalue weighted by atomic mass is 9.67. The lowest BCUT2D eigenvalue weighted by Crippen LogP contribution is -2.40. The number of aryl methyl sites for hydroxylation is 1. The number of ether oxygens (including phenoxy) is 1. The van der Waals surface area contributed by atoms with Crippen LogP contribution in [0.3, 0.4) is 0 Å². The fraction of sp³-hybridized carbons (Fsp3) is 0.259. The molecule has 1 saturated heterocycles. The summed E-state index contributed by atoms with van der Waals surface area (Å²) in [6, 6.07) is 22.0. The molecule has 3 aromatic carbocycles. The summed E-state index contributed by atoms with van der Waals surface area (Å²) in [5, 5.41) is 10.8. The summed E-state index contributed by atoms with van der Waals surface area (Å²) in [6.45, 7) is 2.02. The van der Waals surface area contributed by atoms with Gasteiger partial charge in [-0.25, -0.2) is 8.42 Å². The first-order valence-electron chi connectivity index (χ1n) is 11.0. The molecule has 0 bridgehead atoms. The maximum Gasteiger partial charge on any atom is 0.243 e. The van der Waals surface area contributed by atoms with Crippen molar-refractivity contribution in [2.24, 2.45) is 5.41 Å². The van der Waals surface area contributed by atoms with Crippen LogP contribution in [0.5, 0.6) is 5.75 Å². The number of hydrogen-bond acceptors (Lipinski definition) is 4. The summed E-state index contributed by atoms with van der Waals surface area (Å²) in [5.41, 5.74) is 4.15. The van der Waals surface area contributed by atoms with Crippen molar-refractivity contribution in [3.63, 3.8) is 0 Å². The molecule has 33 heavy (non-hydrogen) atoms. The first kappa shape index (κ1) is 21.9. The predicted molar refractivity (Wildman–Crippen MR) is 128 cm³/mol. The van der Waals surface area contributed by atoms with Gasteiger partial charge in [0.05, 0.1) is 24.7 Å². The average molecular weight is 462 g/mol. The van der Waals surface area contributed by atoms with E-state index < -0.39 is 21.5 Å². The summed E-state index contributed by atoms with van der Waals surface area (Å²) in [6.07, 6.45) is 2.59. The van der Waals surface area contributed by atoms with Gasteiger partial charge in [0.2, 0.25) is 10.0 Å². The highest BCUT2D eigenvalue weighted by Gasteiger charge is 2.56. The van der Waals surface area contributed by atoms with Crippen molar-refractivity contribution in [3.05, 3.63) is 101 Å². The number of rotatable bonds is 5. The van der Waals surface area contributed by atoms with Gasteiger partial charge in [0, 0.05) is 12.0 Å². The molecule has 1 heterocycles. The summed E-state index contributed by atoms with van der Waals surface area (Å²) in [5.74, 6) is 0.754. The first-order valence-corrected chi connectivity index (χ1v) is 12.5. The largest absolute Gasteiger partial charge is 0.497 e. The highest BCUT2D eigenvalue weighted by Crippen LogP contribution is 2.56. The van der Waals surface area contributed by atoms with E-state index in [9.17, 15) is 13.5 Å². The molecule has 1 aliphatic heterocycles. The number of fused-ring (bicyclic) bond motifs is 2. The zero-order chi connectivity index (χ0) is 23.2. The van der Waals surface area contributed by atoms with E-state index in [0.29, 0.717) is 6.42 Å². The smallest absolute Gasteiger partial charge is 0.243 e. The number of hydrogen-bond donors (Lipinski definition) is 1. The molecule has 0 radical (unpaired) electrons. The standard InChI is InChI=1S/C27H27NO4S/c1-19-8-12-25(13-9-19)33(30,31)28-17-23-14-22-15-24(32-2)11-10-21(22)16-27(23,18-29)26(28)20-6-4-3-5-7-20/h3-15,26,29H,16-18H2,1-2H3/t26-,27+/m0/s1. The molecule has 1 fully saturated rings. The number of methoxy groups -OCH3 is 1. The van der Waals surface area contributed by atoms with Gasteiger partial charge >= 0.3 is 0 Å². The van der Waals surface area contributed by atoms with E-state index in [0.717, 1.165) is 33.6 Å². The quantitative estimate of drug-likeness (QED) is 0.613. The SMILES string of the molecule is COc1ccc2c(c1)C=C1CN(S(=O)(=O)c3ccc(C)cc3)[C@@H](c3ccccc3)[C@@]1(CO)C2. The molecule has 0 aromatic heterocycles. The highest BCUT2D eigenvalue weighted by atomic mass is 32.2. The second kappa shape index (κ2) is 8.13. The van der Waals surface area contributed by atoms with Crippen molar-refractivity contribution < 1.29 is 18.3 Å². The normalized spacial score (nSPS) is 22.4. The van der Waals surface area contributed by atoms with Crippen molar-refractivity contribution in [1.82, 2.24) is 4.31 Å². The van der Waals surface area contributed by atoms with Gasteiger partial charge in [-0.3, -0.25) is 0 Å². The zero-order valence-corrected chi connectivity index (χ0v) is 19.5. The Labute approximate surface area is 195 Å². The number of aliphatic hydroxyl groups excluding tert-OH is 1. The van der Waals surface area contributed by atoms with Gasteiger partial charge in [0.25, 0.3) is 0 Å². The molecule has 2 aliphatic rings. The van der Waals surface area contributed by atoms with Crippen molar-refractivity contribution in [1.29, 1.82) is 0 Å². The van der Waals surface area contributed by atoms with Gasteiger partial charge in [-0.05, 0) is 59.9 Å². The van der Waals surface area contributed by atoms with E-state index in [1.165, 1.54) is 0 Å². The molecular weight excluding hydrogens is 434 g/mol. The molecule has 0 spiro atoms. The van der Waals surface area contributed by atoms with E-state index in [4.69, 9.17) is 4.74 Å². The second-order valence-corrected chi connectivity index (χ2v) is 10.8. The Morgan fingerprint density at radius 1 is 1.06 bits per heavy atom. The van der Waals surface area contributed by atoms with Crippen molar-refractivity contribution in [3.8, 4) is 5.75 Å². The van der Waals surface area contributed by atoms with E-state index in [1.807, 2.05) is 73.7 Å². The third-order valence-electron chi connectivity index (χ3n) is 6.99. The van der Waals surface area contributed by atoms with Gasteiger partial charge in [0.1, 0.15) is 5.75 Å². The summed E-state index contributed by atoms with van der Waals surface area (Å²) >= 11 is 0. The Balaban J connectivity index is 1.69. The minimum atomic E-state index is -3.80. The number of nitrogens with zero attached hydrogens (tertiary/aromatic N) is 1.